The Kier molecular flexibility index (Phi) is 5.47. The lowest BCUT2D eigenvalue weighted by Gasteiger charge is -2.22. The normalized spacial score (nSPS) is 13.3. The highest BCUT2D eigenvalue weighted by atomic mass is 16.5. The summed E-state index contributed by atoms with van der Waals surface area (Å²) < 4.78 is 5.22. The lowest BCUT2D eigenvalue weighted by Crippen LogP contribution is -2.32. The standard InChI is InChI=1S/C24H26N2O2/c1-28-22-13-7-18(8-14-22)17-26(21-11-12-21)24(27)16-10-20-9-15-23(25-20)19-5-3-2-4-6-19/h2-9,13-15,21,25H,10-12,16-17H2,1H3. The van der Waals surface area contributed by atoms with Crippen LogP contribution in [0.3, 0.4) is 0 Å². The summed E-state index contributed by atoms with van der Waals surface area (Å²) in [6.45, 7) is 0.674. The molecule has 1 amide bonds. The average Bonchev–Trinajstić information content (AvgIpc) is 3.48. The molecule has 0 unspecified atom stereocenters. The number of hydrogen-bond acceptors (Lipinski definition) is 2. The molecule has 4 heteroatoms. The number of aryl methyl sites for hydroxylation is 1. The molecule has 0 atom stereocenters. The number of aromatic nitrogens is 1. The predicted octanol–water partition coefficient (Wildman–Crippen LogP) is 4.81. The fourth-order valence-corrected chi connectivity index (χ4v) is 3.49. The highest BCUT2D eigenvalue weighted by molar-refractivity contribution is 5.77. The van der Waals surface area contributed by atoms with Crippen LogP contribution in [-0.4, -0.2) is 28.9 Å². The molecule has 1 heterocycles. The average molecular weight is 374 g/mol. The van der Waals surface area contributed by atoms with Crippen LogP contribution in [0.4, 0.5) is 0 Å². The van der Waals surface area contributed by atoms with Crippen molar-refractivity contribution in [1.29, 1.82) is 0 Å². The first-order valence-electron chi connectivity index (χ1n) is 9.88. The van der Waals surface area contributed by atoms with Crippen LogP contribution in [-0.2, 0) is 17.8 Å². The van der Waals surface area contributed by atoms with Crippen molar-refractivity contribution in [1.82, 2.24) is 9.88 Å². The van der Waals surface area contributed by atoms with Crippen LogP contribution in [0.15, 0.2) is 66.7 Å². The van der Waals surface area contributed by atoms with Gasteiger partial charge in [0.1, 0.15) is 5.75 Å². The van der Waals surface area contributed by atoms with Gasteiger partial charge in [0, 0.05) is 30.4 Å². The van der Waals surface area contributed by atoms with E-state index < -0.39 is 0 Å². The largest absolute Gasteiger partial charge is 0.497 e. The number of nitrogens with zero attached hydrogens (tertiary/aromatic N) is 1. The van der Waals surface area contributed by atoms with Crippen molar-refractivity contribution in [2.45, 2.75) is 38.3 Å². The summed E-state index contributed by atoms with van der Waals surface area (Å²) in [4.78, 5) is 18.4. The summed E-state index contributed by atoms with van der Waals surface area (Å²) in [5.41, 5.74) is 4.51. The Morgan fingerprint density at radius 2 is 1.79 bits per heavy atom. The van der Waals surface area contributed by atoms with E-state index in [1.54, 1.807) is 7.11 Å². The fourth-order valence-electron chi connectivity index (χ4n) is 3.49. The summed E-state index contributed by atoms with van der Waals surface area (Å²) in [5.74, 6) is 1.07. The van der Waals surface area contributed by atoms with Crippen molar-refractivity contribution in [3.05, 3.63) is 78.0 Å². The first kappa shape index (κ1) is 18.4. The first-order valence-corrected chi connectivity index (χ1v) is 9.88. The predicted molar refractivity (Wildman–Crippen MR) is 111 cm³/mol. The summed E-state index contributed by atoms with van der Waals surface area (Å²) in [7, 11) is 1.67. The molecule has 1 saturated carbocycles. The number of aromatic amines is 1. The molecule has 0 saturated heterocycles. The third kappa shape index (κ3) is 4.45. The molecule has 1 aliphatic carbocycles. The lowest BCUT2D eigenvalue weighted by atomic mass is 10.1. The fraction of sp³-hybridized carbons (Fsp3) is 0.292. The Hall–Kier alpha value is -3.01. The van der Waals surface area contributed by atoms with E-state index in [0.29, 0.717) is 19.0 Å². The Balaban J connectivity index is 1.36. The Bertz CT molecular complexity index is 911. The van der Waals surface area contributed by atoms with Gasteiger partial charge in [-0.3, -0.25) is 4.79 Å². The van der Waals surface area contributed by atoms with Gasteiger partial charge in [-0.15, -0.1) is 0 Å². The number of rotatable bonds is 8. The molecule has 0 spiro atoms. The molecular weight excluding hydrogens is 348 g/mol. The second-order valence-electron chi connectivity index (χ2n) is 7.36. The zero-order chi connectivity index (χ0) is 19.3. The van der Waals surface area contributed by atoms with E-state index in [1.807, 2.05) is 47.4 Å². The molecule has 4 nitrogen and oxygen atoms in total. The number of methoxy groups -OCH3 is 1. The SMILES string of the molecule is COc1ccc(CN(C(=O)CCc2ccc(-c3ccccc3)[nH]2)C2CC2)cc1. The maximum absolute atomic E-state index is 12.9. The van der Waals surface area contributed by atoms with E-state index in [0.717, 1.165) is 42.0 Å². The molecule has 1 aromatic heterocycles. The molecule has 2 aromatic carbocycles. The number of H-pyrrole nitrogens is 1. The number of carbonyl (C=O) groups excluding carboxylic acids is 1. The smallest absolute Gasteiger partial charge is 0.223 e. The van der Waals surface area contributed by atoms with E-state index >= 15 is 0 Å². The van der Waals surface area contributed by atoms with Gasteiger partial charge in [-0.25, -0.2) is 0 Å². The maximum atomic E-state index is 12.9. The molecular formula is C24H26N2O2. The Morgan fingerprint density at radius 3 is 2.46 bits per heavy atom. The monoisotopic (exact) mass is 374 g/mol. The van der Waals surface area contributed by atoms with Gasteiger partial charge >= 0.3 is 0 Å². The van der Waals surface area contributed by atoms with Crippen LogP contribution in [0.5, 0.6) is 5.75 Å². The molecule has 1 aliphatic rings. The van der Waals surface area contributed by atoms with Crippen LogP contribution >= 0.6 is 0 Å². The number of ether oxygens (including phenoxy) is 1. The number of benzene rings is 2. The Labute approximate surface area is 166 Å². The summed E-state index contributed by atoms with van der Waals surface area (Å²) in [6.07, 6.45) is 3.49. The van der Waals surface area contributed by atoms with Crippen molar-refractivity contribution >= 4 is 5.91 Å². The van der Waals surface area contributed by atoms with E-state index in [1.165, 1.54) is 5.56 Å². The van der Waals surface area contributed by atoms with Gasteiger partial charge in [0.2, 0.25) is 5.91 Å². The minimum Gasteiger partial charge on any atom is -0.497 e. The molecule has 28 heavy (non-hydrogen) atoms. The number of amides is 1. The molecule has 1 fully saturated rings. The van der Waals surface area contributed by atoms with Gasteiger partial charge in [-0.1, -0.05) is 42.5 Å². The number of hydrogen-bond donors (Lipinski definition) is 1. The van der Waals surface area contributed by atoms with Crippen molar-refractivity contribution in [2.75, 3.05) is 7.11 Å². The second-order valence-corrected chi connectivity index (χ2v) is 7.36. The second kappa shape index (κ2) is 8.34. The van der Waals surface area contributed by atoms with Crippen molar-refractivity contribution in [3.8, 4) is 17.0 Å². The van der Waals surface area contributed by atoms with Gasteiger partial charge in [0.25, 0.3) is 0 Å². The maximum Gasteiger partial charge on any atom is 0.223 e. The molecule has 144 valence electrons. The minimum atomic E-state index is 0.231. The van der Waals surface area contributed by atoms with Gasteiger partial charge in [0.05, 0.1) is 7.11 Å². The molecule has 0 aliphatic heterocycles. The van der Waals surface area contributed by atoms with Gasteiger partial charge in [0.15, 0.2) is 0 Å². The zero-order valence-electron chi connectivity index (χ0n) is 16.2. The third-order valence-electron chi connectivity index (χ3n) is 5.26. The number of nitrogens with one attached hydrogen (secondary N) is 1. The van der Waals surface area contributed by atoms with E-state index in [-0.39, 0.29) is 5.91 Å². The van der Waals surface area contributed by atoms with Gasteiger partial charge in [-0.05, 0) is 54.7 Å². The molecule has 1 N–H and O–H groups in total. The Morgan fingerprint density at radius 1 is 1.04 bits per heavy atom. The first-order chi connectivity index (χ1) is 13.7. The van der Waals surface area contributed by atoms with Crippen LogP contribution in [0.1, 0.15) is 30.5 Å². The van der Waals surface area contributed by atoms with Crippen LogP contribution < -0.4 is 4.74 Å². The lowest BCUT2D eigenvalue weighted by molar-refractivity contribution is -0.132. The van der Waals surface area contributed by atoms with Crippen molar-refractivity contribution in [2.24, 2.45) is 0 Å². The van der Waals surface area contributed by atoms with Crippen LogP contribution in [0.2, 0.25) is 0 Å². The van der Waals surface area contributed by atoms with Gasteiger partial charge in [-0.2, -0.15) is 0 Å². The molecule has 0 radical (unpaired) electrons. The van der Waals surface area contributed by atoms with Crippen molar-refractivity contribution in [3.63, 3.8) is 0 Å². The molecule has 4 rings (SSSR count). The summed E-state index contributed by atoms with van der Waals surface area (Å²) in [5, 5.41) is 0. The summed E-state index contributed by atoms with van der Waals surface area (Å²) >= 11 is 0. The molecule has 0 bridgehead atoms. The van der Waals surface area contributed by atoms with Crippen LogP contribution in [0, 0.1) is 0 Å². The van der Waals surface area contributed by atoms with E-state index in [2.05, 4.69) is 29.2 Å². The highest BCUT2D eigenvalue weighted by Gasteiger charge is 2.32. The topological polar surface area (TPSA) is 45.3 Å². The third-order valence-corrected chi connectivity index (χ3v) is 5.26. The van der Waals surface area contributed by atoms with Crippen LogP contribution in [0.25, 0.3) is 11.3 Å². The quantitative estimate of drug-likeness (QED) is 0.615. The van der Waals surface area contributed by atoms with E-state index in [4.69, 9.17) is 4.74 Å². The molecule has 3 aromatic rings. The van der Waals surface area contributed by atoms with Gasteiger partial charge < -0.3 is 14.6 Å². The van der Waals surface area contributed by atoms with Crippen molar-refractivity contribution < 1.29 is 9.53 Å². The minimum absolute atomic E-state index is 0.231. The number of carbonyl (C=O) groups is 1. The zero-order valence-corrected chi connectivity index (χ0v) is 16.2. The summed E-state index contributed by atoms with van der Waals surface area (Å²) in [6, 6.07) is 22.8. The highest BCUT2D eigenvalue weighted by Crippen LogP contribution is 2.29. The van der Waals surface area contributed by atoms with E-state index in [9.17, 15) is 4.79 Å².